The van der Waals surface area contributed by atoms with Crippen LogP contribution in [0, 0.1) is 11.8 Å². The van der Waals surface area contributed by atoms with Crippen molar-refractivity contribution in [3.05, 3.63) is 59.6 Å². The number of hydrogen-bond donors (Lipinski definition) is 0. The van der Waals surface area contributed by atoms with Crippen molar-refractivity contribution >= 4 is 0 Å². The van der Waals surface area contributed by atoms with Crippen LogP contribution in [0.3, 0.4) is 0 Å². The molecule has 0 bridgehead atoms. The molecule has 146 valence electrons. The van der Waals surface area contributed by atoms with Crippen molar-refractivity contribution < 1.29 is 5.48 Å². The molecule has 0 N–H and O–H groups in total. The number of unbranched alkanes of at least 4 members (excludes halogenated alkanes) is 2. The highest BCUT2D eigenvalue weighted by atomic mass is 14.3. The molecule has 1 aliphatic rings. The van der Waals surface area contributed by atoms with Gasteiger partial charge in [-0.1, -0.05) is 114 Å². The van der Waals surface area contributed by atoms with Gasteiger partial charge in [-0.05, 0) is 53.4 Å². The van der Waals surface area contributed by atoms with Gasteiger partial charge in [0.25, 0.3) is 0 Å². The second-order valence-electron chi connectivity index (χ2n) is 8.33. The smallest absolute Gasteiger partial charge is 0.0629 e. The van der Waals surface area contributed by atoms with Crippen LogP contribution in [-0.4, -0.2) is 0 Å². The minimum atomic E-state index is 0.0706. The van der Waals surface area contributed by atoms with Gasteiger partial charge in [-0.25, -0.2) is 0 Å². The van der Waals surface area contributed by atoms with Gasteiger partial charge < -0.3 is 0 Å². The van der Waals surface area contributed by atoms with Crippen LogP contribution in [0.2, 0.25) is 0 Å². The van der Waals surface area contributed by atoms with Gasteiger partial charge in [0.1, 0.15) is 0 Å². The average molecular weight is 367 g/mol. The second-order valence-corrected chi connectivity index (χ2v) is 8.33. The van der Waals surface area contributed by atoms with E-state index in [-0.39, 0.29) is 24.2 Å². The van der Waals surface area contributed by atoms with Gasteiger partial charge >= 0.3 is 0 Å². The predicted molar refractivity (Wildman–Crippen MR) is 119 cm³/mol. The van der Waals surface area contributed by atoms with E-state index in [1.54, 1.807) is 0 Å². The highest BCUT2D eigenvalue weighted by Crippen LogP contribution is 2.34. The second kappa shape index (κ2) is 10.7. The zero-order chi connectivity index (χ0) is 22.4. The lowest BCUT2D eigenvalue weighted by molar-refractivity contribution is 0.249. The summed E-state index contributed by atoms with van der Waals surface area (Å²) < 4.78 is 33.2. The lowest BCUT2D eigenvalue weighted by Crippen LogP contribution is -2.15. The third-order valence-electron chi connectivity index (χ3n) is 6.30. The van der Waals surface area contributed by atoms with E-state index in [4.69, 9.17) is 5.48 Å². The lowest BCUT2D eigenvalue weighted by Gasteiger charge is -2.28. The first-order valence-corrected chi connectivity index (χ1v) is 11.1. The molecule has 0 radical (unpaired) electrons. The van der Waals surface area contributed by atoms with E-state index in [0.29, 0.717) is 17.5 Å². The van der Waals surface area contributed by atoms with Crippen molar-refractivity contribution in [1.29, 1.82) is 0 Å². The Morgan fingerprint density at radius 1 is 0.741 bits per heavy atom. The maximum absolute atomic E-state index is 8.36. The molecule has 2 aromatic carbocycles. The molecule has 0 unspecified atom stereocenters. The van der Waals surface area contributed by atoms with Gasteiger partial charge in [0.05, 0.1) is 5.48 Å². The van der Waals surface area contributed by atoms with Crippen molar-refractivity contribution in [3.8, 4) is 11.1 Å². The summed E-state index contributed by atoms with van der Waals surface area (Å²) in [4.78, 5) is 0. The van der Waals surface area contributed by atoms with Gasteiger partial charge in [0.15, 0.2) is 0 Å². The molecule has 0 amide bonds. The van der Waals surface area contributed by atoms with Crippen LogP contribution in [0.5, 0.6) is 0 Å². The molecule has 0 saturated heterocycles. The molecule has 0 nitrogen and oxygen atoms in total. The summed E-state index contributed by atoms with van der Waals surface area (Å²) >= 11 is 0. The van der Waals surface area contributed by atoms with Gasteiger partial charge in [0, 0.05) is 0 Å². The van der Waals surface area contributed by atoms with Crippen LogP contribution < -0.4 is 0 Å². The predicted octanol–water partition coefficient (Wildman–Crippen LogP) is 8.24. The number of aryl methyl sites for hydroxylation is 1. The van der Waals surface area contributed by atoms with Crippen molar-refractivity contribution in [3.63, 3.8) is 0 Å². The van der Waals surface area contributed by atoms with Gasteiger partial charge in [-0.15, -0.1) is 0 Å². The quantitative estimate of drug-likeness (QED) is 0.392. The molecular formula is C27H38. The first-order valence-electron chi connectivity index (χ1n) is 13.1. The normalized spacial score (nSPS) is 22.0. The van der Waals surface area contributed by atoms with Crippen LogP contribution in [0.1, 0.15) is 88.2 Å². The monoisotopic (exact) mass is 366 g/mol. The largest absolute Gasteiger partial charge is 0.0654 e. The summed E-state index contributed by atoms with van der Waals surface area (Å²) in [5, 5.41) is 0. The SMILES string of the molecule is [2H]c1c([2H])c(-c2ccc(CCC3CCC(CCCCC)CC3)cc2)c([2H])c([2H])c1CC. The summed E-state index contributed by atoms with van der Waals surface area (Å²) in [6.45, 7) is 4.15. The molecule has 3 rings (SSSR count). The molecule has 1 aliphatic carbocycles. The molecule has 0 aliphatic heterocycles. The molecule has 0 aromatic heterocycles. The highest BCUT2D eigenvalue weighted by Gasteiger charge is 2.20. The zero-order valence-electron chi connectivity index (χ0n) is 21.2. The topological polar surface area (TPSA) is 0 Å². The van der Waals surface area contributed by atoms with Crippen LogP contribution in [-0.2, 0) is 12.8 Å². The van der Waals surface area contributed by atoms with E-state index in [0.717, 1.165) is 23.8 Å². The molecule has 0 spiro atoms. The first kappa shape index (κ1) is 15.4. The maximum atomic E-state index is 8.36. The number of benzene rings is 2. The first-order chi connectivity index (χ1) is 15.0. The third-order valence-corrected chi connectivity index (χ3v) is 6.30. The van der Waals surface area contributed by atoms with E-state index in [9.17, 15) is 0 Å². The standard InChI is InChI=1S/C27H38/c1-3-5-6-7-23-8-10-24(11-9-23)12-13-25-16-20-27(21-17-25)26-18-14-22(4-2)15-19-26/h14-21,23-24H,3-13H2,1-2H3/i14D,15D,18D,19D. The Morgan fingerprint density at radius 3 is 1.96 bits per heavy atom. The number of rotatable bonds is 9. The van der Waals surface area contributed by atoms with Crippen LogP contribution in [0.25, 0.3) is 11.1 Å². The van der Waals surface area contributed by atoms with E-state index >= 15 is 0 Å². The van der Waals surface area contributed by atoms with Crippen molar-refractivity contribution in [1.82, 2.24) is 0 Å². The Morgan fingerprint density at radius 2 is 1.37 bits per heavy atom. The summed E-state index contributed by atoms with van der Waals surface area (Å²) in [6, 6.07) is 8.46. The Bertz CT molecular complexity index is 820. The molecule has 1 fully saturated rings. The molecular weight excluding hydrogens is 324 g/mol. The molecule has 1 saturated carbocycles. The van der Waals surface area contributed by atoms with Gasteiger partial charge in [0.2, 0.25) is 0 Å². The van der Waals surface area contributed by atoms with E-state index in [1.807, 2.05) is 19.1 Å². The van der Waals surface area contributed by atoms with Crippen molar-refractivity contribution in [2.24, 2.45) is 11.8 Å². The molecule has 0 heteroatoms. The molecule has 0 heterocycles. The Labute approximate surface area is 173 Å². The number of hydrogen-bond acceptors (Lipinski definition) is 0. The Kier molecular flexibility index (Phi) is 6.09. The summed E-state index contributed by atoms with van der Waals surface area (Å²) in [5.41, 5.74) is 2.99. The third kappa shape index (κ3) is 6.23. The van der Waals surface area contributed by atoms with Gasteiger partial charge in [-0.2, -0.15) is 0 Å². The maximum Gasteiger partial charge on any atom is 0.0629 e. The zero-order valence-corrected chi connectivity index (χ0v) is 17.2. The minimum Gasteiger partial charge on any atom is -0.0654 e. The average Bonchev–Trinajstić information content (AvgIpc) is 2.79. The van der Waals surface area contributed by atoms with Crippen LogP contribution >= 0.6 is 0 Å². The Hall–Kier alpha value is -1.56. The van der Waals surface area contributed by atoms with Gasteiger partial charge in [-0.3, -0.25) is 0 Å². The molecule has 2 aromatic rings. The van der Waals surface area contributed by atoms with E-state index in [1.165, 1.54) is 63.4 Å². The summed E-state index contributed by atoms with van der Waals surface area (Å²) in [5.74, 6) is 1.81. The molecule has 0 atom stereocenters. The fraction of sp³-hybridized carbons (Fsp3) is 0.556. The summed E-state index contributed by atoms with van der Waals surface area (Å²) in [7, 11) is 0. The van der Waals surface area contributed by atoms with E-state index in [2.05, 4.69) is 19.1 Å². The highest BCUT2D eigenvalue weighted by molar-refractivity contribution is 5.63. The van der Waals surface area contributed by atoms with Crippen LogP contribution in [0.4, 0.5) is 0 Å². The lowest BCUT2D eigenvalue weighted by atomic mass is 9.78. The van der Waals surface area contributed by atoms with E-state index < -0.39 is 0 Å². The van der Waals surface area contributed by atoms with Crippen molar-refractivity contribution in [2.45, 2.75) is 84.5 Å². The fourth-order valence-electron chi connectivity index (χ4n) is 4.36. The fourth-order valence-corrected chi connectivity index (χ4v) is 4.36. The Balaban J connectivity index is 1.58. The molecule has 27 heavy (non-hydrogen) atoms. The summed E-state index contributed by atoms with van der Waals surface area (Å²) in [6.07, 6.45) is 13.9. The minimum absolute atomic E-state index is 0.0706. The van der Waals surface area contributed by atoms with Crippen LogP contribution in [0.15, 0.2) is 48.4 Å². The van der Waals surface area contributed by atoms with Crippen molar-refractivity contribution in [2.75, 3.05) is 0 Å².